The van der Waals surface area contributed by atoms with E-state index in [4.69, 9.17) is 20.9 Å². The second-order valence-corrected chi connectivity index (χ2v) is 7.42. The number of hydrogen-bond donors (Lipinski definition) is 2. The minimum absolute atomic E-state index is 0.537. The van der Waals surface area contributed by atoms with Crippen LogP contribution in [0.4, 0.5) is 0 Å². The second-order valence-electron chi connectivity index (χ2n) is 6.99. The third-order valence-electron chi connectivity index (χ3n) is 4.87. The number of halogens is 1. The largest absolute Gasteiger partial charge is 0.493 e. The summed E-state index contributed by atoms with van der Waals surface area (Å²) in [5.74, 6) is 2.86. The van der Waals surface area contributed by atoms with E-state index in [-0.39, 0.29) is 0 Å². The number of nitrogens with zero attached hydrogens (tertiary/aromatic N) is 3. The molecule has 0 amide bonds. The van der Waals surface area contributed by atoms with Crippen LogP contribution < -0.4 is 15.4 Å². The highest BCUT2D eigenvalue weighted by Crippen LogP contribution is 2.25. The van der Waals surface area contributed by atoms with Gasteiger partial charge in [-0.05, 0) is 35.7 Å². The molecule has 156 valence electrons. The van der Waals surface area contributed by atoms with Gasteiger partial charge < -0.3 is 19.9 Å². The average Bonchev–Trinajstić information content (AvgIpc) is 3.42. The maximum absolute atomic E-state index is 6.02. The number of benzene rings is 2. The molecule has 0 unspecified atom stereocenters. The fourth-order valence-electron chi connectivity index (χ4n) is 3.33. The van der Waals surface area contributed by atoms with E-state index in [0.717, 1.165) is 43.3 Å². The number of guanidine groups is 1. The van der Waals surface area contributed by atoms with Gasteiger partial charge in [-0.1, -0.05) is 41.0 Å². The first-order chi connectivity index (χ1) is 14.7. The highest BCUT2D eigenvalue weighted by Gasteiger charge is 2.12. The van der Waals surface area contributed by atoms with Crippen molar-refractivity contribution in [2.75, 3.05) is 26.7 Å². The summed E-state index contributed by atoms with van der Waals surface area (Å²) in [5, 5.41) is 11.3. The van der Waals surface area contributed by atoms with Crippen molar-refractivity contribution in [2.45, 2.75) is 19.3 Å². The lowest BCUT2D eigenvalue weighted by molar-refractivity contribution is 0.357. The highest BCUT2D eigenvalue weighted by molar-refractivity contribution is 6.30. The van der Waals surface area contributed by atoms with E-state index in [1.807, 2.05) is 24.3 Å². The highest BCUT2D eigenvalue weighted by atomic mass is 35.5. The molecule has 4 rings (SSSR count). The molecule has 0 fully saturated rings. The van der Waals surface area contributed by atoms with E-state index in [9.17, 15) is 0 Å². The van der Waals surface area contributed by atoms with Gasteiger partial charge >= 0.3 is 0 Å². The monoisotopic (exact) mass is 425 g/mol. The normalized spacial score (nSPS) is 13.1. The number of aromatic nitrogens is 2. The number of aliphatic imine (C=N–C) groups is 1. The molecular weight excluding hydrogens is 402 g/mol. The molecule has 3 aromatic rings. The molecule has 2 N–H and O–H groups in total. The minimum Gasteiger partial charge on any atom is -0.493 e. The van der Waals surface area contributed by atoms with E-state index in [1.54, 1.807) is 7.05 Å². The van der Waals surface area contributed by atoms with Crippen LogP contribution in [0.5, 0.6) is 5.75 Å². The topological polar surface area (TPSA) is 84.6 Å². The lowest BCUT2D eigenvalue weighted by Crippen LogP contribution is -2.39. The number of nitrogens with one attached hydrogen (secondary N) is 2. The minimum atomic E-state index is 0.537. The van der Waals surface area contributed by atoms with Gasteiger partial charge in [0.15, 0.2) is 5.96 Å². The van der Waals surface area contributed by atoms with Crippen LogP contribution in [0.15, 0.2) is 52.0 Å². The van der Waals surface area contributed by atoms with Crippen molar-refractivity contribution in [2.24, 2.45) is 4.99 Å². The molecule has 1 aliphatic rings. The molecule has 8 heteroatoms. The standard InChI is InChI=1S/C22H24ClN5O2/c1-24-22(25-10-7-15-5-6-19-16(13-15)9-12-29-19)26-11-8-20-27-21(28-30-20)17-3-2-4-18(23)14-17/h2-6,13-14H,7-12H2,1H3,(H2,24,25,26). The molecule has 2 aromatic carbocycles. The van der Waals surface area contributed by atoms with Crippen molar-refractivity contribution in [3.8, 4) is 17.1 Å². The summed E-state index contributed by atoms with van der Waals surface area (Å²) in [5.41, 5.74) is 3.43. The van der Waals surface area contributed by atoms with Crippen LogP contribution >= 0.6 is 11.6 Å². The van der Waals surface area contributed by atoms with Gasteiger partial charge in [0.05, 0.1) is 6.61 Å². The van der Waals surface area contributed by atoms with Crippen molar-refractivity contribution in [1.82, 2.24) is 20.8 Å². The third-order valence-corrected chi connectivity index (χ3v) is 5.10. The van der Waals surface area contributed by atoms with Crippen molar-refractivity contribution in [3.63, 3.8) is 0 Å². The predicted octanol–water partition coefficient (Wildman–Crippen LogP) is 3.28. The zero-order chi connectivity index (χ0) is 20.8. The van der Waals surface area contributed by atoms with E-state index in [2.05, 4.69) is 44.0 Å². The van der Waals surface area contributed by atoms with Crippen LogP contribution in [0.2, 0.25) is 5.02 Å². The molecule has 1 aliphatic heterocycles. The number of ether oxygens (including phenoxy) is 1. The summed E-state index contributed by atoms with van der Waals surface area (Å²) in [4.78, 5) is 8.69. The summed E-state index contributed by atoms with van der Waals surface area (Å²) in [6.07, 6.45) is 2.51. The van der Waals surface area contributed by atoms with E-state index < -0.39 is 0 Å². The lowest BCUT2D eigenvalue weighted by atomic mass is 10.1. The molecule has 2 heterocycles. The van der Waals surface area contributed by atoms with Gasteiger partial charge in [-0.25, -0.2) is 0 Å². The zero-order valence-electron chi connectivity index (χ0n) is 16.8. The molecule has 0 radical (unpaired) electrons. The van der Waals surface area contributed by atoms with Gasteiger partial charge in [-0.2, -0.15) is 4.98 Å². The zero-order valence-corrected chi connectivity index (χ0v) is 17.6. The van der Waals surface area contributed by atoms with Gasteiger partial charge in [-0.15, -0.1) is 0 Å². The van der Waals surface area contributed by atoms with Gasteiger partial charge in [0.2, 0.25) is 11.7 Å². The Hall–Kier alpha value is -3.06. The van der Waals surface area contributed by atoms with Crippen LogP contribution in [0, 0.1) is 0 Å². The first kappa shape index (κ1) is 20.2. The molecule has 0 saturated carbocycles. The van der Waals surface area contributed by atoms with Crippen LogP contribution in [-0.2, 0) is 19.3 Å². The second kappa shape index (κ2) is 9.63. The maximum atomic E-state index is 6.02. The number of rotatable bonds is 7. The Bertz CT molecular complexity index is 1030. The summed E-state index contributed by atoms with van der Waals surface area (Å²) in [6, 6.07) is 13.8. The Kier molecular flexibility index (Phi) is 6.49. The molecule has 0 spiro atoms. The maximum Gasteiger partial charge on any atom is 0.228 e. The molecule has 0 atom stereocenters. The van der Waals surface area contributed by atoms with Crippen LogP contribution in [0.3, 0.4) is 0 Å². The Morgan fingerprint density at radius 1 is 1.13 bits per heavy atom. The fourth-order valence-corrected chi connectivity index (χ4v) is 3.52. The third kappa shape index (κ3) is 5.10. The Balaban J connectivity index is 1.21. The summed E-state index contributed by atoms with van der Waals surface area (Å²) in [7, 11) is 1.76. The van der Waals surface area contributed by atoms with Crippen LogP contribution in [-0.4, -0.2) is 42.8 Å². The van der Waals surface area contributed by atoms with E-state index >= 15 is 0 Å². The van der Waals surface area contributed by atoms with Gasteiger partial charge in [0, 0.05) is 43.6 Å². The van der Waals surface area contributed by atoms with Crippen molar-refractivity contribution in [3.05, 3.63) is 64.5 Å². The first-order valence-electron chi connectivity index (χ1n) is 9.99. The molecule has 7 nitrogen and oxygen atoms in total. The number of hydrogen-bond acceptors (Lipinski definition) is 5. The Morgan fingerprint density at radius 2 is 2.00 bits per heavy atom. The molecule has 0 aliphatic carbocycles. The first-order valence-corrected chi connectivity index (χ1v) is 10.4. The lowest BCUT2D eigenvalue weighted by Gasteiger charge is -2.11. The van der Waals surface area contributed by atoms with Gasteiger partial charge in [0.25, 0.3) is 0 Å². The Morgan fingerprint density at radius 3 is 2.83 bits per heavy atom. The van der Waals surface area contributed by atoms with Crippen LogP contribution in [0.25, 0.3) is 11.4 Å². The summed E-state index contributed by atoms with van der Waals surface area (Å²) < 4.78 is 10.9. The van der Waals surface area contributed by atoms with Crippen molar-refractivity contribution < 1.29 is 9.26 Å². The smallest absolute Gasteiger partial charge is 0.228 e. The molecule has 0 bridgehead atoms. The summed E-state index contributed by atoms with van der Waals surface area (Å²) >= 11 is 6.02. The molecule has 0 saturated heterocycles. The van der Waals surface area contributed by atoms with Gasteiger partial charge in [-0.3, -0.25) is 4.99 Å². The molecule has 30 heavy (non-hydrogen) atoms. The number of fused-ring (bicyclic) bond motifs is 1. The van der Waals surface area contributed by atoms with Crippen LogP contribution in [0.1, 0.15) is 17.0 Å². The van der Waals surface area contributed by atoms with E-state index in [1.165, 1.54) is 11.1 Å². The van der Waals surface area contributed by atoms with Crippen molar-refractivity contribution in [1.29, 1.82) is 0 Å². The molecular formula is C22H24ClN5O2. The molecule has 1 aromatic heterocycles. The Labute approximate surface area is 180 Å². The summed E-state index contributed by atoms with van der Waals surface area (Å²) in [6.45, 7) is 2.21. The fraction of sp³-hybridized carbons (Fsp3) is 0.318. The SMILES string of the molecule is CN=C(NCCc1ccc2c(c1)CCO2)NCCc1nc(-c2cccc(Cl)c2)no1. The van der Waals surface area contributed by atoms with E-state index in [0.29, 0.717) is 29.7 Å². The van der Waals surface area contributed by atoms with Crippen molar-refractivity contribution >= 4 is 17.6 Å². The quantitative estimate of drug-likeness (QED) is 0.446. The predicted molar refractivity (Wildman–Crippen MR) is 117 cm³/mol. The van der Waals surface area contributed by atoms with Gasteiger partial charge in [0.1, 0.15) is 5.75 Å². The average molecular weight is 426 g/mol.